The molecule has 0 saturated carbocycles. The molecule has 2 unspecified atom stereocenters. The van der Waals surface area contributed by atoms with Gasteiger partial charge in [0, 0.05) is 26.2 Å². The van der Waals surface area contributed by atoms with Gasteiger partial charge in [-0.3, -0.25) is 0 Å². The summed E-state index contributed by atoms with van der Waals surface area (Å²) in [5, 5.41) is 3.60. The fourth-order valence-corrected chi connectivity index (χ4v) is 2.91. The van der Waals surface area contributed by atoms with E-state index in [-0.39, 0.29) is 0 Å². The monoisotopic (exact) mass is 226 g/mol. The second kappa shape index (κ2) is 6.58. The van der Waals surface area contributed by atoms with Crippen LogP contribution in [0.3, 0.4) is 0 Å². The van der Waals surface area contributed by atoms with E-state index in [1.54, 1.807) is 0 Å². The molecule has 0 aromatic rings. The van der Waals surface area contributed by atoms with Crippen LogP contribution in [0.25, 0.3) is 0 Å². The number of nitrogens with one attached hydrogen (secondary N) is 1. The van der Waals surface area contributed by atoms with Gasteiger partial charge in [0.15, 0.2) is 0 Å². The average molecular weight is 226 g/mol. The van der Waals surface area contributed by atoms with Gasteiger partial charge in [0.1, 0.15) is 0 Å². The summed E-state index contributed by atoms with van der Waals surface area (Å²) < 4.78 is 5.69. The standard InChI is InChI=1S/C13H26N2O/c1-2-13-12(5-10-16-13)11-14-6-9-15-7-3-4-8-15/h12-14H,2-11H2,1H3. The molecule has 3 heteroatoms. The van der Waals surface area contributed by atoms with Crippen molar-refractivity contribution in [1.29, 1.82) is 0 Å². The number of hydrogen-bond donors (Lipinski definition) is 1. The first-order valence-corrected chi connectivity index (χ1v) is 6.95. The molecule has 16 heavy (non-hydrogen) atoms. The normalized spacial score (nSPS) is 31.3. The third kappa shape index (κ3) is 3.44. The zero-order valence-electron chi connectivity index (χ0n) is 10.6. The molecule has 1 N–H and O–H groups in total. The molecule has 2 heterocycles. The van der Waals surface area contributed by atoms with Crippen molar-refractivity contribution in [3.05, 3.63) is 0 Å². The van der Waals surface area contributed by atoms with Crippen LogP contribution in [-0.4, -0.2) is 50.3 Å². The van der Waals surface area contributed by atoms with E-state index in [0.29, 0.717) is 6.10 Å². The maximum atomic E-state index is 5.69. The minimum Gasteiger partial charge on any atom is -0.378 e. The second-order valence-corrected chi connectivity index (χ2v) is 5.12. The lowest BCUT2D eigenvalue weighted by Gasteiger charge is -2.19. The smallest absolute Gasteiger partial charge is 0.0613 e. The van der Waals surface area contributed by atoms with Gasteiger partial charge in [0.05, 0.1) is 6.10 Å². The Balaban J connectivity index is 1.53. The first-order valence-electron chi connectivity index (χ1n) is 6.95. The van der Waals surface area contributed by atoms with Crippen LogP contribution in [0, 0.1) is 5.92 Å². The Bertz CT molecular complexity index is 192. The summed E-state index contributed by atoms with van der Waals surface area (Å²) >= 11 is 0. The van der Waals surface area contributed by atoms with Crippen molar-refractivity contribution in [2.24, 2.45) is 5.92 Å². The largest absolute Gasteiger partial charge is 0.378 e. The Kier molecular flexibility index (Phi) is 5.07. The van der Waals surface area contributed by atoms with E-state index in [1.165, 1.54) is 45.3 Å². The Hall–Kier alpha value is -0.120. The lowest BCUT2D eigenvalue weighted by atomic mass is 10.00. The van der Waals surface area contributed by atoms with Gasteiger partial charge in [-0.05, 0) is 44.7 Å². The third-order valence-electron chi connectivity index (χ3n) is 3.96. The zero-order valence-corrected chi connectivity index (χ0v) is 10.6. The van der Waals surface area contributed by atoms with Crippen molar-refractivity contribution in [2.75, 3.05) is 39.3 Å². The molecule has 94 valence electrons. The van der Waals surface area contributed by atoms with Crippen LogP contribution < -0.4 is 5.32 Å². The quantitative estimate of drug-likeness (QED) is 0.694. The highest BCUT2D eigenvalue weighted by Crippen LogP contribution is 2.22. The van der Waals surface area contributed by atoms with E-state index < -0.39 is 0 Å². The van der Waals surface area contributed by atoms with Gasteiger partial charge >= 0.3 is 0 Å². The number of ether oxygens (including phenoxy) is 1. The van der Waals surface area contributed by atoms with Gasteiger partial charge in [-0.2, -0.15) is 0 Å². The van der Waals surface area contributed by atoms with E-state index in [4.69, 9.17) is 4.74 Å². The molecule has 0 aliphatic carbocycles. The Morgan fingerprint density at radius 3 is 2.88 bits per heavy atom. The molecule has 2 aliphatic rings. The van der Waals surface area contributed by atoms with Gasteiger partial charge < -0.3 is 15.0 Å². The van der Waals surface area contributed by atoms with Crippen LogP contribution in [0.5, 0.6) is 0 Å². The molecular weight excluding hydrogens is 200 g/mol. The summed E-state index contributed by atoms with van der Waals surface area (Å²) in [6.07, 6.45) is 5.72. The molecular formula is C13H26N2O. The van der Waals surface area contributed by atoms with E-state index in [2.05, 4.69) is 17.1 Å². The van der Waals surface area contributed by atoms with Gasteiger partial charge in [-0.15, -0.1) is 0 Å². The predicted octanol–water partition coefficient (Wildman–Crippen LogP) is 1.49. The van der Waals surface area contributed by atoms with Crippen molar-refractivity contribution >= 4 is 0 Å². The molecule has 0 bridgehead atoms. The van der Waals surface area contributed by atoms with E-state index in [9.17, 15) is 0 Å². The summed E-state index contributed by atoms with van der Waals surface area (Å²) in [7, 11) is 0. The first-order chi connectivity index (χ1) is 7.90. The molecule has 2 aliphatic heterocycles. The van der Waals surface area contributed by atoms with E-state index in [0.717, 1.165) is 25.6 Å². The summed E-state index contributed by atoms with van der Waals surface area (Å²) in [6, 6.07) is 0. The third-order valence-corrected chi connectivity index (χ3v) is 3.96. The molecule has 2 rings (SSSR count). The molecule has 0 radical (unpaired) electrons. The number of rotatable bonds is 6. The van der Waals surface area contributed by atoms with Crippen molar-refractivity contribution in [3.63, 3.8) is 0 Å². The number of nitrogens with zero attached hydrogens (tertiary/aromatic N) is 1. The number of likely N-dealkylation sites (tertiary alicyclic amines) is 1. The van der Waals surface area contributed by atoms with Gasteiger partial charge in [0.25, 0.3) is 0 Å². The Morgan fingerprint density at radius 1 is 1.31 bits per heavy atom. The molecule has 0 aromatic carbocycles. The highest BCUT2D eigenvalue weighted by molar-refractivity contribution is 4.77. The van der Waals surface area contributed by atoms with Crippen LogP contribution in [0.2, 0.25) is 0 Å². The highest BCUT2D eigenvalue weighted by atomic mass is 16.5. The average Bonchev–Trinajstić information content (AvgIpc) is 2.95. The fourth-order valence-electron chi connectivity index (χ4n) is 2.91. The van der Waals surface area contributed by atoms with Gasteiger partial charge in [0.2, 0.25) is 0 Å². The van der Waals surface area contributed by atoms with Crippen molar-refractivity contribution < 1.29 is 4.74 Å². The molecule has 2 saturated heterocycles. The van der Waals surface area contributed by atoms with E-state index in [1.807, 2.05) is 0 Å². The highest BCUT2D eigenvalue weighted by Gasteiger charge is 2.25. The maximum Gasteiger partial charge on any atom is 0.0613 e. The summed E-state index contributed by atoms with van der Waals surface area (Å²) in [4.78, 5) is 2.56. The molecule has 0 aromatic heterocycles. The van der Waals surface area contributed by atoms with Crippen molar-refractivity contribution in [1.82, 2.24) is 10.2 Å². The summed E-state index contributed by atoms with van der Waals surface area (Å²) in [6.45, 7) is 9.34. The number of hydrogen-bond acceptors (Lipinski definition) is 3. The zero-order chi connectivity index (χ0) is 11.2. The van der Waals surface area contributed by atoms with Gasteiger partial charge in [-0.25, -0.2) is 0 Å². The van der Waals surface area contributed by atoms with E-state index >= 15 is 0 Å². The lowest BCUT2D eigenvalue weighted by molar-refractivity contribution is 0.0872. The fraction of sp³-hybridized carbons (Fsp3) is 1.00. The molecule has 0 spiro atoms. The first kappa shape index (κ1) is 12.3. The van der Waals surface area contributed by atoms with Crippen LogP contribution in [0.4, 0.5) is 0 Å². The van der Waals surface area contributed by atoms with Crippen LogP contribution in [0.15, 0.2) is 0 Å². The molecule has 2 fully saturated rings. The Labute approximate surface area is 99.5 Å². The van der Waals surface area contributed by atoms with Crippen LogP contribution in [-0.2, 0) is 4.74 Å². The Morgan fingerprint density at radius 2 is 2.12 bits per heavy atom. The second-order valence-electron chi connectivity index (χ2n) is 5.12. The molecule has 2 atom stereocenters. The van der Waals surface area contributed by atoms with Crippen LogP contribution in [0.1, 0.15) is 32.6 Å². The summed E-state index contributed by atoms with van der Waals surface area (Å²) in [5.41, 5.74) is 0. The van der Waals surface area contributed by atoms with Gasteiger partial charge in [-0.1, -0.05) is 6.92 Å². The minimum absolute atomic E-state index is 0.513. The minimum atomic E-state index is 0.513. The van der Waals surface area contributed by atoms with Crippen molar-refractivity contribution in [2.45, 2.75) is 38.7 Å². The summed E-state index contributed by atoms with van der Waals surface area (Å²) in [5.74, 6) is 0.753. The molecule has 0 amide bonds. The maximum absolute atomic E-state index is 5.69. The lowest BCUT2D eigenvalue weighted by Crippen LogP contribution is -2.34. The predicted molar refractivity (Wildman–Crippen MR) is 66.7 cm³/mol. The topological polar surface area (TPSA) is 24.5 Å². The SMILES string of the molecule is CCC1OCCC1CNCCN1CCCC1. The van der Waals surface area contributed by atoms with Crippen LogP contribution >= 0.6 is 0 Å². The van der Waals surface area contributed by atoms with Crippen molar-refractivity contribution in [3.8, 4) is 0 Å². The molecule has 3 nitrogen and oxygen atoms in total.